The summed E-state index contributed by atoms with van der Waals surface area (Å²) in [6, 6.07) is 6.15. The molecule has 2 aromatic carbocycles. The highest BCUT2D eigenvalue weighted by molar-refractivity contribution is 5.88. The van der Waals surface area contributed by atoms with Crippen LogP contribution in [-0.2, 0) is 19.1 Å². The van der Waals surface area contributed by atoms with E-state index in [1.54, 1.807) is 36.4 Å². The first-order valence-electron chi connectivity index (χ1n) is 13.9. The van der Waals surface area contributed by atoms with E-state index in [-0.39, 0.29) is 12.1 Å². The zero-order valence-corrected chi connectivity index (χ0v) is 25.9. The molecule has 0 radical (unpaired) electrons. The Hall–Kier alpha value is -4.42. The van der Waals surface area contributed by atoms with Gasteiger partial charge >= 0.3 is 11.9 Å². The molecule has 0 aliphatic carbocycles. The Balaban J connectivity index is 1.39. The molecular weight excluding hydrogens is 574 g/mol. The summed E-state index contributed by atoms with van der Waals surface area (Å²) in [5.74, 6) is 1.53. The van der Waals surface area contributed by atoms with Gasteiger partial charge in [0, 0.05) is 31.0 Å². The lowest BCUT2D eigenvalue weighted by molar-refractivity contribution is -0.151. The fourth-order valence-corrected chi connectivity index (χ4v) is 5.75. The van der Waals surface area contributed by atoms with E-state index in [9.17, 15) is 14.7 Å². The van der Waals surface area contributed by atoms with E-state index in [2.05, 4.69) is 0 Å². The number of aliphatic hydroxyl groups excluding tert-OH is 1. The van der Waals surface area contributed by atoms with Crippen LogP contribution in [0.4, 0.5) is 0 Å². The lowest BCUT2D eigenvalue weighted by Gasteiger charge is -2.35. The lowest BCUT2D eigenvalue weighted by atomic mass is 10.00. The second-order valence-corrected chi connectivity index (χ2v) is 10.3. The average molecular weight is 614 g/mol. The SMILES string of the molecule is COc1cc(/C=C/C(=O)OC2CC3[C@@H](OC(=O)/C=C/c4cc(OC)c(OC)c(OC)c4)[C@@H](O)C(C2)N3C)cc(OC)c1OC. The van der Waals surface area contributed by atoms with Crippen molar-refractivity contribution in [2.45, 2.75) is 43.2 Å². The highest BCUT2D eigenvalue weighted by Gasteiger charge is 2.53. The molecule has 2 heterocycles. The number of piperidine rings is 1. The number of aliphatic hydroxyl groups is 1. The van der Waals surface area contributed by atoms with Gasteiger partial charge in [0.25, 0.3) is 0 Å². The van der Waals surface area contributed by atoms with Gasteiger partial charge in [-0.05, 0) is 54.6 Å². The summed E-state index contributed by atoms with van der Waals surface area (Å²) in [4.78, 5) is 27.5. The predicted molar refractivity (Wildman–Crippen MR) is 161 cm³/mol. The number of esters is 2. The second kappa shape index (κ2) is 14.4. The van der Waals surface area contributed by atoms with Crippen molar-refractivity contribution in [3.63, 3.8) is 0 Å². The number of fused-ring (bicyclic) bond motifs is 2. The van der Waals surface area contributed by atoms with Gasteiger partial charge in [-0.3, -0.25) is 4.90 Å². The summed E-state index contributed by atoms with van der Waals surface area (Å²) in [6.45, 7) is 0. The Morgan fingerprint density at radius 1 is 0.682 bits per heavy atom. The Bertz CT molecular complexity index is 1350. The Kier molecular flexibility index (Phi) is 10.6. The number of ether oxygens (including phenoxy) is 8. The number of carbonyl (C=O) groups is 2. The van der Waals surface area contributed by atoms with Gasteiger partial charge in [0.1, 0.15) is 18.3 Å². The fourth-order valence-electron chi connectivity index (χ4n) is 5.75. The van der Waals surface area contributed by atoms with Crippen LogP contribution in [-0.4, -0.2) is 102 Å². The second-order valence-electron chi connectivity index (χ2n) is 10.3. The predicted octanol–water partition coefficient (Wildman–Crippen LogP) is 3.13. The molecule has 0 amide bonds. The van der Waals surface area contributed by atoms with Gasteiger partial charge in [-0.1, -0.05) is 0 Å². The van der Waals surface area contributed by atoms with Crippen LogP contribution >= 0.6 is 0 Å². The third kappa shape index (κ3) is 6.87. The lowest BCUT2D eigenvalue weighted by Crippen LogP contribution is -2.46. The summed E-state index contributed by atoms with van der Waals surface area (Å²) in [5, 5.41) is 11.0. The molecule has 2 aliphatic rings. The van der Waals surface area contributed by atoms with Gasteiger partial charge in [0.2, 0.25) is 11.5 Å². The molecular formula is C32H39NO11. The largest absolute Gasteiger partial charge is 0.493 e. The molecule has 0 aromatic heterocycles. The van der Waals surface area contributed by atoms with Gasteiger partial charge in [0.15, 0.2) is 23.0 Å². The van der Waals surface area contributed by atoms with E-state index in [0.29, 0.717) is 58.5 Å². The molecule has 2 aliphatic heterocycles. The van der Waals surface area contributed by atoms with Crippen molar-refractivity contribution < 1.29 is 52.6 Å². The van der Waals surface area contributed by atoms with Crippen LogP contribution in [0.25, 0.3) is 12.2 Å². The van der Waals surface area contributed by atoms with E-state index in [0.717, 1.165) is 0 Å². The number of likely N-dealkylation sites (N-methyl/N-ethyl adjacent to an activating group) is 1. The summed E-state index contributed by atoms with van der Waals surface area (Å²) in [7, 11) is 10.9. The molecule has 12 nitrogen and oxygen atoms in total. The van der Waals surface area contributed by atoms with Crippen LogP contribution in [0.1, 0.15) is 24.0 Å². The van der Waals surface area contributed by atoms with Crippen molar-refractivity contribution in [1.29, 1.82) is 0 Å². The first-order valence-corrected chi connectivity index (χ1v) is 13.9. The van der Waals surface area contributed by atoms with Crippen molar-refractivity contribution in [3.8, 4) is 34.5 Å². The van der Waals surface area contributed by atoms with E-state index in [1.165, 1.54) is 54.8 Å². The number of rotatable bonds is 12. The minimum atomic E-state index is -0.943. The van der Waals surface area contributed by atoms with E-state index < -0.39 is 30.3 Å². The van der Waals surface area contributed by atoms with Crippen LogP contribution in [0.5, 0.6) is 34.5 Å². The number of hydrogen-bond acceptors (Lipinski definition) is 12. The van der Waals surface area contributed by atoms with Gasteiger partial charge in [-0.15, -0.1) is 0 Å². The van der Waals surface area contributed by atoms with E-state index in [4.69, 9.17) is 37.9 Å². The Morgan fingerprint density at radius 3 is 1.50 bits per heavy atom. The monoisotopic (exact) mass is 613 g/mol. The van der Waals surface area contributed by atoms with Crippen LogP contribution in [0.2, 0.25) is 0 Å². The summed E-state index contributed by atoms with van der Waals surface area (Å²) < 4.78 is 43.6. The smallest absolute Gasteiger partial charge is 0.331 e. The van der Waals surface area contributed by atoms with Crippen LogP contribution in [0.15, 0.2) is 36.4 Å². The van der Waals surface area contributed by atoms with Crippen molar-refractivity contribution in [3.05, 3.63) is 47.5 Å². The van der Waals surface area contributed by atoms with E-state index in [1.807, 2.05) is 11.9 Å². The topological polar surface area (TPSA) is 131 Å². The summed E-state index contributed by atoms with van der Waals surface area (Å²) in [5.41, 5.74) is 1.28. The molecule has 12 heteroatoms. The normalized spacial score (nSPS) is 23.0. The highest BCUT2D eigenvalue weighted by Crippen LogP contribution is 2.40. The molecule has 0 spiro atoms. The number of methoxy groups -OCH3 is 6. The third-order valence-corrected chi connectivity index (χ3v) is 7.90. The highest BCUT2D eigenvalue weighted by atomic mass is 16.6. The van der Waals surface area contributed by atoms with Gasteiger partial charge in [-0.2, -0.15) is 0 Å². The molecule has 3 unspecified atom stereocenters. The summed E-state index contributed by atoms with van der Waals surface area (Å²) in [6.07, 6.45) is 4.35. The Morgan fingerprint density at radius 2 is 1.09 bits per heavy atom. The van der Waals surface area contributed by atoms with E-state index >= 15 is 0 Å². The maximum atomic E-state index is 12.8. The zero-order chi connectivity index (χ0) is 32.0. The molecule has 5 atom stereocenters. The molecule has 2 fully saturated rings. The molecule has 4 rings (SSSR count). The first-order chi connectivity index (χ1) is 21.2. The molecule has 2 saturated heterocycles. The zero-order valence-electron chi connectivity index (χ0n) is 25.9. The quantitative estimate of drug-likeness (QED) is 0.279. The van der Waals surface area contributed by atoms with Crippen LogP contribution in [0, 0.1) is 0 Å². The Labute approximate surface area is 256 Å². The van der Waals surface area contributed by atoms with Gasteiger partial charge < -0.3 is 43.0 Å². The molecule has 44 heavy (non-hydrogen) atoms. The number of nitrogens with zero attached hydrogens (tertiary/aromatic N) is 1. The number of hydrogen-bond donors (Lipinski definition) is 1. The van der Waals surface area contributed by atoms with Crippen LogP contribution in [0.3, 0.4) is 0 Å². The molecule has 0 saturated carbocycles. The minimum absolute atomic E-state index is 0.334. The third-order valence-electron chi connectivity index (χ3n) is 7.90. The molecule has 238 valence electrons. The minimum Gasteiger partial charge on any atom is -0.493 e. The molecule has 2 aromatic rings. The van der Waals surface area contributed by atoms with Gasteiger partial charge in [0.05, 0.1) is 48.7 Å². The number of benzene rings is 2. The standard InChI is InChI=1S/C32H39NO11/c1-33-21-16-20(43-27(34)10-8-18-12-23(37-2)31(41-6)24(13-18)38-3)17-22(33)30(29(21)36)44-28(35)11-9-19-14-25(39-4)32(42-7)26(15-19)40-5/h8-15,20-22,29-30,36H,16-17H2,1-7H3/b10-8+,11-9+/t20?,21?,22?,29-,30+/m0/s1. The number of carbonyl (C=O) groups excluding carboxylic acids is 2. The maximum absolute atomic E-state index is 12.8. The molecule has 1 N–H and O–H groups in total. The van der Waals surface area contributed by atoms with Crippen molar-refractivity contribution in [1.82, 2.24) is 4.90 Å². The first kappa shape index (κ1) is 32.5. The average Bonchev–Trinajstić information content (AvgIpc) is 3.15. The fraction of sp³-hybridized carbons (Fsp3) is 0.438. The van der Waals surface area contributed by atoms with Crippen molar-refractivity contribution in [2.24, 2.45) is 0 Å². The van der Waals surface area contributed by atoms with Crippen molar-refractivity contribution >= 4 is 24.1 Å². The molecule has 2 bridgehead atoms. The summed E-state index contributed by atoms with van der Waals surface area (Å²) >= 11 is 0. The van der Waals surface area contributed by atoms with Crippen molar-refractivity contribution in [2.75, 3.05) is 49.7 Å². The maximum Gasteiger partial charge on any atom is 0.331 e. The van der Waals surface area contributed by atoms with Crippen LogP contribution < -0.4 is 28.4 Å². The van der Waals surface area contributed by atoms with Gasteiger partial charge in [-0.25, -0.2) is 9.59 Å².